The van der Waals surface area contributed by atoms with Gasteiger partial charge in [0.1, 0.15) is 23.2 Å². The number of aromatic nitrogens is 1. The molecule has 1 aliphatic rings. The van der Waals surface area contributed by atoms with Crippen LogP contribution in [0.2, 0.25) is 0 Å². The molecule has 1 atom stereocenters. The molecule has 0 saturated carbocycles. The van der Waals surface area contributed by atoms with Gasteiger partial charge in [0.05, 0.1) is 32.5 Å². The molecule has 1 unspecified atom stereocenters. The molecule has 2 heterocycles. The number of pyridine rings is 1. The molecule has 6 nitrogen and oxygen atoms in total. The number of esters is 1. The van der Waals surface area contributed by atoms with E-state index in [-0.39, 0.29) is 12.1 Å². The fourth-order valence-electron chi connectivity index (χ4n) is 4.68. The van der Waals surface area contributed by atoms with Crippen LogP contribution in [-0.4, -0.2) is 61.9 Å². The zero-order valence-corrected chi connectivity index (χ0v) is 20.8. The Labute approximate surface area is 213 Å². The van der Waals surface area contributed by atoms with Crippen molar-refractivity contribution < 1.29 is 32.2 Å². The smallest absolute Gasteiger partial charge is 0.339 e. The van der Waals surface area contributed by atoms with Gasteiger partial charge >= 0.3 is 5.97 Å². The maximum absolute atomic E-state index is 14.7. The van der Waals surface area contributed by atoms with E-state index in [9.17, 15) is 18.0 Å². The van der Waals surface area contributed by atoms with E-state index in [2.05, 4.69) is 4.98 Å². The Hall–Kier alpha value is -3.43. The van der Waals surface area contributed by atoms with Gasteiger partial charge in [0, 0.05) is 30.6 Å². The number of fused-ring (bicyclic) bond motifs is 1. The lowest BCUT2D eigenvalue weighted by Crippen LogP contribution is -2.57. The quantitative estimate of drug-likeness (QED) is 0.377. The maximum atomic E-state index is 14.7. The van der Waals surface area contributed by atoms with Crippen LogP contribution in [0.3, 0.4) is 0 Å². The summed E-state index contributed by atoms with van der Waals surface area (Å²) < 4.78 is 58.4. The van der Waals surface area contributed by atoms with Crippen molar-refractivity contribution in [3.05, 3.63) is 77.2 Å². The van der Waals surface area contributed by atoms with E-state index >= 15 is 0 Å². The Bertz CT molecular complexity index is 1300. The van der Waals surface area contributed by atoms with Crippen LogP contribution in [0.1, 0.15) is 24.0 Å². The first-order valence-electron chi connectivity index (χ1n) is 12.0. The number of carbonyl (C=O) groups excluding carboxylic acids is 1. The largest absolute Gasteiger partial charge is 0.497 e. The Kier molecular flexibility index (Phi) is 8.45. The average molecular weight is 515 g/mol. The van der Waals surface area contributed by atoms with Crippen LogP contribution in [0.5, 0.6) is 5.75 Å². The number of benzene rings is 2. The second kappa shape index (κ2) is 11.7. The van der Waals surface area contributed by atoms with Gasteiger partial charge in [0.15, 0.2) is 5.60 Å². The number of nitrogens with zero attached hydrogens (tertiary/aromatic N) is 2. The first-order valence-corrected chi connectivity index (χ1v) is 12.0. The van der Waals surface area contributed by atoms with Gasteiger partial charge in [0.2, 0.25) is 0 Å². The van der Waals surface area contributed by atoms with Gasteiger partial charge in [-0.15, -0.1) is 0 Å². The standard InChI is InChI=1S/C28H29F3N2O4/c1-35-21-8-10-26-23(16-21)22(25(31)17-32-26)6-3-11-28(27(34)36-2)18-33(13-14-37-28)12-4-5-19-15-20(29)7-9-24(19)30/h4-5,7-10,15-17H,3,6,11-14,18H2,1-2H3. The van der Waals surface area contributed by atoms with E-state index in [1.807, 2.05) is 4.90 Å². The fraction of sp³-hybridized carbons (Fsp3) is 0.357. The monoisotopic (exact) mass is 514 g/mol. The summed E-state index contributed by atoms with van der Waals surface area (Å²) in [6, 6.07) is 8.57. The number of methoxy groups -OCH3 is 2. The third-order valence-corrected chi connectivity index (χ3v) is 6.58. The molecule has 0 bridgehead atoms. The highest BCUT2D eigenvalue weighted by atomic mass is 19.1. The first kappa shape index (κ1) is 26.6. The molecule has 1 aromatic heterocycles. The van der Waals surface area contributed by atoms with Crippen LogP contribution in [-0.2, 0) is 20.7 Å². The highest BCUT2D eigenvalue weighted by Gasteiger charge is 2.44. The second-order valence-electron chi connectivity index (χ2n) is 8.96. The van der Waals surface area contributed by atoms with Crippen molar-refractivity contribution in [1.82, 2.24) is 9.88 Å². The number of carbonyl (C=O) groups is 1. The van der Waals surface area contributed by atoms with E-state index in [0.717, 1.165) is 18.2 Å². The number of morpholine rings is 1. The predicted molar refractivity (Wildman–Crippen MR) is 134 cm³/mol. The third kappa shape index (κ3) is 6.11. The summed E-state index contributed by atoms with van der Waals surface area (Å²) in [4.78, 5) is 19.0. The molecular formula is C28H29F3N2O4. The molecule has 0 spiro atoms. The van der Waals surface area contributed by atoms with Gasteiger partial charge in [-0.3, -0.25) is 9.88 Å². The number of ether oxygens (including phenoxy) is 3. The van der Waals surface area contributed by atoms with Crippen LogP contribution in [0, 0.1) is 17.5 Å². The van der Waals surface area contributed by atoms with Gasteiger partial charge in [-0.25, -0.2) is 18.0 Å². The summed E-state index contributed by atoms with van der Waals surface area (Å²) >= 11 is 0. The van der Waals surface area contributed by atoms with Crippen molar-refractivity contribution in [2.45, 2.75) is 24.9 Å². The van der Waals surface area contributed by atoms with E-state index in [1.165, 1.54) is 19.4 Å². The topological polar surface area (TPSA) is 60.9 Å². The van der Waals surface area contributed by atoms with Gasteiger partial charge in [0.25, 0.3) is 0 Å². The molecular weight excluding hydrogens is 485 g/mol. The van der Waals surface area contributed by atoms with Gasteiger partial charge in [-0.05, 0) is 61.2 Å². The summed E-state index contributed by atoms with van der Waals surface area (Å²) in [5.41, 5.74) is 0.0796. The molecule has 4 rings (SSSR count). The Balaban J connectivity index is 1.46. The number of hydrogen-bond acceptors (Lipinski definition) is 6. The summed E-state index contributed by atoms with van der Waals surface area (Å²) in [6.45, 7) is 1.50. The molecule has 2 aromatic carbocycles. The highest BCUT2D eigenvalue weighted by molar-refractivity contribution is 5.84. The fourth-order valence-corrected chi connectivity index (χ4v) is 4.68. The molecule has 0 radical (unpaired) electrons. The third-order valence-electron chi connectivity index (χ3n) is 6.58. The van der Waals surface area contributed by atoms with Crippen molar-refractivity contribution in [3.63, 3.8) is 0 Å². The molecule has 3 aromatic rings. The molecule has 1 saturated heterocycles. The van der Waals surface area contributed by atoms with Crippen molar-refractivity contribution in [3.8, 4) is 5.75 Å². The summed E-state index contributed by atoms with van der Waals surface area (Å²) in [5.74, 6) is -1.36. The molecule has 0 amide bonds. The minimum Gasteiger partial charge on any atom is -0.497 e. The van der Waals surface area contributed by atoms with Crippen LogP contribution < -0.4 is 4.74 Å². The minimum absolute atomic E-state index is 0.149. The molecule has 196 valence electrons. The van der Waals surface area contributed by atoms with E-state index in [4.69, 9.17) is 14.2 Å². The lowest BCUT2D eigenvalue weighted by atomic mass is 9.92. The normalized spacial score (nSPS) is 18.4. The summed E-state index contributed by atoms with van der Waals surface area (Å²) in [6.07, 6.45) is 5.56. The maximum Gasteiger partial charge on any atom is 0.339 e. The first-order chi connectivity index (χ1) is 17.8. The van der Waals surface area contributed by atoms with E-state index in [1.54, 1.807) is 31.4 Å². The van der Waals surface area contributed by atoms with Crippen LogP contribution in [0.25, 0.3) is 17.0 Å². The number of halogens is 3. The van der Waals surface area contributed by atoms with Gasteiger partial charge in [-0.2, -0.15) is 0 Å². The van der Waals surface area contributed by atoms with Crippen LogP contribution in [0.4, 0.5) is 13.2 Å². The molecule has 1 fully saturated rings. The minimum atomic E-state index is -1.22. The van der Waals surface area contributed by atoms with Crippen LogP contribution in [0.15, 0.2) is 48.7 Å². The SMILES string of the molecule is COC(=O)C1(CCCc2c(F)cnc3ccc(OC)cc23)CN(CC=Cc2cc(F)ccc2F)CCO1. The second-order valence-corrected chi connectivity index (χ2v) is 8.96. The molecule has 37 heavy (non-hydrogen) atoms. The Morgan fingerprint density at radius 1 is 1.16 bits per heavy atom. The van der Waals surface area contributed by atoms with Crippen molar-refractivity contribution in [2.75, 3.05) is 40.5 Å². The van der Waals surface area contributed by atoms with Crippen LogP contribution >= 0.6 is 0 Å². The molecule has 1 aliphatic heterocycles. The zero-order chi connectivity index (χ0) is 26.4. The average Bonchev–Trinajstić information content (AvgIpc) is 2.91. The van der Waals surface area contributed by atoms with Crippen molar-refractivity contribution in [1.29, 1.82) is 0 Å². The molecule has 0 N–H and O–H groups in total. The number of rotatable bonds is 9. The number of aryl methyl sites for hydroxylation is 1. The lowest BCUT2D eigenvalue weighted by Gasteiger charge is -2.40. The zero-order valence-electron chi connectivity index (χ0n) is 20.8. The predicted octanol–water partition coefficient (Wildman–Crippen LogP) is 4.94. The van der Waals surface area contributed by atoms with Crippen molar-refractivity contribution in [2.24, 2.45) is 0 Å². The number of hydrogen-bond donors (Lipinski definition) is 0. The van der Waals surface area contributed by atoms with E-state index < -0.39 is 29.0 Å². The summed E-state index contributed by atoms with van der Waals surface area (Å²) in [7, 11) is 2.85. The summed E-state index contributed by atoms with van der Waals surface area (Å²) in [5, 5.41) is 0.660. The van der Waals surface area contributed by atoms with Gasteiger partial charge in [-0.1, -0.05) is 12.2 Å². The van der Waals surface area contributed by atoms with Gasteiger partial charge < -0.3 is 14.2 Å². The Morgan fingerprint density at radius 3 is 2.78 bits per heavy atom. The van der Waals surface area contributed by atoms with Crippen molar-refractivity contribution >= 4 is 22.9 Å². The molecule has 0 aliphatic carbocycles. The van der Waals surface area contributed by atoms with E-state index in [0.29, 0.717) is 61.2 Å². The highest BCUT2D eigenvalue weighted by Crippen LogP contribution is 2.30. The Morgan fingerprint density at radius 2 is 2.00 bits per heavy atom. The molecule has 9 heteroatoms. The lowest BCUT2D eigenvalue weighted by molar-refractivity contribution is -0.182.